The number of benzene rings is 2. The van der Waals surface area contributed by atoms with Crippen molar-refractivity contribution in [1.29, 1.82) is 0 Å². The van der Waals surface area contributed by atoms with Crippen LogP contribution in [0, 0.1) is 5.82 Å². The van der Waals surface area contributed by atoms with Crippen LogP contribution in [0.4, 0.5) is 4.39 Å². The minimum atomic E-state index is -0.227. The van der Waals surface area contributed by atoms with Crippen molar-refractivity contribution in [2.75, 3.05) is 32.8 Å². The lowest BCUT2D eigenvalue weighted by Crippen LogP contribution is -2.36. The highest BCUT2D eigenvalue weighted by molar-refractivity contribution is 14.0. The molecule has 0 aromatic heterocycles. The zero-order valence-electron chi connectivity index (χ0n) is 16.9. The maximum Gasteiger partial charge on any atom is 0.191 e. The fourth-order valence-electron chi connectivity index (χ4n) is 3.07. The Morgan fingerprint density at radius 1 is 0.966 bits per heavy atom. The molecule has 0 unspecified atom stereocenters. The zero-order chi connectivity index (χ0) is 19.6. The van der Waals surface area contributed by atoms with Crippen molar-refractivity contribution < 1.29 is 9.13 Å². The summed E-state index contributed by atoms with van der Waals surface area (Å²) in [6.07, 6.45) is 0. The van der Waals surface area contributed by atoms with Gasteiger partial charge in [0.05, 0.1) is 19.8 Å². The SMILES string of the molecule is CCNC(=NCc1ccc(F)cc1)NCc1ccc(CN2CCOCC2)cc1.I. The molecule has 1 aliphatic rings. The van der Waals surface area contributed by atoms with E-state index in [9.17, 15) is 4.39 Å². The first-order chi connectivity index (χ1) is 13.7. The molecule has 2 N–H and O–H groups in total. The molecule has 3 rings (SSSR count). The number of halogens is 2. The number of hydrogen-bond acceptors (Lipinski definition) is 3. The lowest BCUT2D eigenvalue weighted by Gasteiger charge is -2.26. The van der Waals surface area contributed by atoms with Gasteiger partial charge in [-0.3, -0.25) is 4.90 Å². The minimum absolute atomic E-state index is 0. The summed E-state index contributed by atoms with van der Waals surface area (Å²) in [5.41, 5.74) is 3.51. The molecule has 2 aromatic rings. The second-order valence-corrected chi connectivity index (χ2v) is 6.88. The molecule has 0 spiro atoms. The second kappa shape index (κ2) is 12.8. The molecule has 2 aromatic carbocycles. The van der Waals surface area contributed by atoms with Crippen LogP contribution in [0.5, 0.6) is 0 Å². The van der Waals surface area contributed by atoms with E-state index in [0.29, 0.717) is 13.1 Å². The number of nitrogens with zero attached hydrogens (tertiary/aromatic N) is 2. The van der Waals surface area contributed by atoms with Crippen molar-refractivity contribution in [3.63, 3.8) is 0 Å². The van der Waals surface area contributed by atoms with Gasteiger partial charge in [0.1, 0.15) is 5.82 Å². The van der Waals surface area contributed by atoms with Crippen molar-refractivity contribution >= 4 is 29.9 Å². The number of rotatable bonds is 7. The highest BCUT2D eigenvalue weighted by atomic mass is 127. The van der Waals surface area contributed by atoms with Gasteiger partial charge in [0.2, 0.25) is 0 Å². The number of hydrogen-bond donors (Lipinski definition) is 2. The average molecular weight is 512 g/mol. The molecule has 0 bridgehead atoms. The number of nitrogens with one attached hydrogen (secondary N) is 2. The van der Waals surface area contributed by atoms with Crippen LogP contribution in [0.1, 0.15) is 23.6 Å². The van der Waals surface area contributed by atoms with E-state index in [1.165, 1.54) is 23.3 Å². The molecule has 1 aliphatic heterocycles. The molecule has 0 amide bonds. The van der Waals surface area contributed by atoms with Crippen molar-refractivity contribution in [1.82, 2.24) is 15.5 Å². The van der Waals surface area contributed by atoms with Crippen LogP contribution in [0.3, 0.4) is 0 Å². The Balaban J connectivity index is 0.00000300. The Morgan fingerprint density at radius 3 is 2.24 bits per heavy atom. The monoisotopic (exact) mass is 512 g/mol. The normalized spacial score (nSPS) is 14.9. The summed E-state index contributed by atoms with van der Waals surface area (Å²) >= 11 is 0. The molecule has 0 atom stereocenters. The van der Waals surface area contributed by atoms with Gasteiger partial charge in [0.25, 0.3) is 0 Å². The summed E-state index contributed by atoms with van der Waals surface area (Å²) < 4.78 is 18.4. The summed E-state index contributed by atoms with van der Waals surface area (Å²) in [4.78, 5) is 7.00. The van der Waals surface area contributed by atoms with Gasteiger partial charge in [-0.05, 0) is 35.7 Å². The molecule has 0 saturated carbocycles. The Hall–Kier alpha value is -1.71. The van der Waals surface area contributed by atoms with Crippen molar-refractivity contribution in [2.45, 2.75) is 26.6 Å². The van der Waals surface area contributed by atoms with E-state index in [-0.39, 0.29) is 29.8 Å². The standard InChI is InChI=1S/C22H29FN4O.HI/c1-2-24-22(26-16-19-7-9-21(23)10-8-19)25-15-18-3-5-20(6-4-18)17-27-11-13-28-14-12-27;/h3-10H,2,11-17H2,1H3,(H2,24,25,26);1H. The molecule has 0 aliphatic carbocycles. The summed E-state index contributed by atoms with van der Waals surface area (Å²) in [5.74, 6) is 0.527. The Labute approximate surface area is 189 Å². The summed E-state index contributed by atoms with van der Waals surface area (Å²) in [5, 5.41) is 6.60. The highest BCUT2D eigenvalue weighted by Gasteiger charge is 2.10. The van der Waals surface area contributed by atoms with E-state index >= 15 is 0 Å². The number of guanidine groups is 1. The fourth-order valence-corrected chi connectivity index (χ4v) is 3.07. The summed E-state index contributed by atoms with van der Waals surface area (Å²) in [6.45, 7) is 8.65. The van der Waals surface area contributed by atoms with Crippen LogP contribution in [0.2, 0.25) is 0 Å². The number of morpholine rings is 1. The van der Waals surface area contributed by atoms with Gasteiger partial charge < -0.3 is 15.4 Å². The topological polar surface area (TPSA) is 48.9 Å². The molecule has 1 heterocycles. The quantitative estimate of drug-likeness (QED) is 0.339. The van der Waals surface area contributed by atoms with Crippen LogP contribution < -0.4 is 10.6 Å². The molecule has 1 fully saturated rings. The van der Waals surface area contributed by atoms with Gasteiger partial charge in [-0.2, -0.15) is 0 Å². The van der Waals surface area contributed by atoms with Crippen LogP contribution in [0.15, 0.2) is 53.5 Å². The van der Waals surface area contributed by atoms with Gasteiger partial charge in [-0.15, -0.1) is 24.0 Å². The Kier molecular flexibility index (Phi) is 10.4. The zero-order valence-corrected chi connectivity index (χ0v) is 19.2. The van der Waals surface area contributed by atoms with Crippen LogP contribution in [0.25, 0.3) is 0 Å². The Bertz CT molecular complexity index is 746. The summed E-state index contributed by atoms with van der Waals surface area (Å²) in [7, 11) is 0. The molecular formula is C22H30FIN4O. The molecule has 158 valence electrons. The van der Waals surface area contributed by atoms with Crippen molar-refractivity contribution in [2.24, 2.45) is 4.99 Å². The van der Waals surface area contributed by atoms with Gasteiger partial charge >= 0.3 is 0 Å². The molecule has 5 nitrogen and oxygen atoms in total. The van der Waals surface area contributed by atoms with Crippen LogP contribution in [-0.2, 0) is 24.4 Å². The fraction of sp³-hybridized carbons (Fsp3) is 0.409. The van der Waals surface area contributed by atoms with E-state index in [2.05, 4.69) is 44.8 Å². The first kappa shape index (κ1) is 23.6. The van der Waals surface area contributed by atoms with Crippen molar-refractivity contribution in [3.05, 3.63) is 71.0 Å². The van der Waals surface area contributed by atoms with E-state index in [1.807, 2.05) is 6.92 Å². The number of ether oxygens (including phenoxy) is 1. The predicted molar refractivity (Wildman–Crippen MR) is 126 cm³/mol. The van der Waals surface area contributed by atoms with Gasteiger partial charge in [-0.1, -0.05) is 36.4 Å². The molecular weight excluding hydrogens is 482 g/mol. The molecule has 29 heavy (non-hydrogen) atoms. The lowest BCUT2D eigenvalue weighted by molar-refractivity contribution is 0.0342. The van der Waals surface area contributed by atoms with E-state index in [0.717, 1.165) is 50.9 Å². The van der Waals surface area contributed by atoms with Gasteiger partial charge in [0, 0.05) is 32.7 Å². The minimum Gasteiger partial charge on any atom is -0.379 e. The maximum absolute atomic E-state index is 13.0. The van der Waals surface area contributed by atoms with Crippen LogP contribution >= 0.6 is 24.0 Å². The highest BCUT2D eigenvalue weighted by Crippen LogP contribution is 2.09. The van der Waals surface area contributed by atoms with E-state index < -0.39 is 0 Å². The average Bonchev–Trinajstić information content (AvgIpc) is 2.73. The summed E-state index contributed by atoms with van der Waals surface area (Å²) in [6, 6.07) is 15.1. The van der Waals surface area contributed by atoms with E-state index in [1.54, 1.807) is 12.1 Å². The lowest BCUT2D eigenvalue weighted by atomic mass is 10.1. The van der Waals surface area contributed by atoms with Gasteiger partial charge in [0.15, 0.2) is 5.96 Å². The second-order valence-electron chi connectivity index (χ2n) is 6.88. The largest absolute Gasteiger partial charge is 0.379 e. The smallest absolute Gasteiger partial charge is 0.191 e. The molecule has 0 radical (unpaired) electrons. The third kappa shape index (κ3) is 8.28. The first-order valence-corrected chi connectivity index (χ1v) is 9.87. The third-order valence-electron chi connectivity index (χ3n) is 4.67. The maximum atomic E-state index is 13.0. The number of aliphatic imine (C=N–C) groups is 1. The third-order valence-corrected chi connectivity index (χ3v) is 4.67. The Morgan fingerprint density at radius 2 is 1.59 bits per heavy atom. The predicted octanol–water partition coefficient (Wildman–Crippen LogP) is 3.53. The first-order valence-electron chi connectivity index (χ1n) is 9.87. The molecule has 7 heteroatoms. The van der Waals surface area contributed by atoms with Gasteiger partial charge in [-0.25, -0.2) is 9.38 Å². The van der Waals surface area contributed by atoms with Crippen molar-refractivity contribution in [3.8, 4) is 0 Å². The van der Waals surface area contributed by atoms with Crippen LogP contribution in [-0.4, -0.2) is 43.7 Å². The molecule has 1 saturated heterocycles. The van der Waals surface area contributed by atoms with E-state index in [4.69, 9.17) is 4.74 Å².